The first-order chi connectivity index (χ1) is 20.8. The largest absolute Gasteiger partial charge is 0.385 e. The number of amides is 4. The molecule has 4 aromatic rings. The minimum Gasteiger partial charge on any atom is -0.385 e. The van der Waals surface area contributed by atoms with Crippen LogP contribution >= 0.6 is 0 Å². The SMILES string of the molecule is Cc1nn(CCCCCCNc2ccc3c(c2)C(=O)N(C2CCC(=O)NC2=O)C3=O)c(C)c1-c1ncc2ccccc2n1. The third-order valence-corrected chi connectivity index (χ3v) is 8.16. The molecule has 6 rings (SSSR count). The Balaban J connectivity index is 0.977. The van der Waals surface area contributed by atoms with Gasteiger partial charge in [-0.1, -0.05) is 31.0 Å². The second-order valence-corrected chi connectivity index (χ2v) is 11.1. The summed E-state index contributed by atoms with van der Waals surface area (Å²) in [5.41, 5.74) is 5.20. The second-order valence-electron chi connectivity index (χ2n) is 11.1. The summed E-state index contributed by atoms with van der Waals surface area (Å²) in [5.74, 6) is -1.30. The van der Waals surface area contributed by atoms with Gasteiger partial charge in [-0.2, -0.15) is 5.10 Å². The maximum absolute atomic E-state index is 13.0. The summed E-state index contributed by atoms with van der Waals surface area (Å²) in [5, 5.41) is 11.3. The zero-order valence-electron chi connectivity index (χ0n) is 24.2. The normalized spacial score (nSPS) is 16.6. The number of carbonyl (C=O) groups is 4. The Bertz CT molecular complexity index is 1760. The maximum Gasteiger partial charge on any atom is 0.262 e. The van der Waals surface area contributed by atoms with Crippen LogP contribution in [0.2, 0.25) is 0 Å². The molecule has 0 radical (unpaired) electrons. The minimum absolute atomic E-state index is 0.0964. The summed E-state index contributed by atoms with van der Waals surface area (Å²) >= 11 is 0. The van der Waals surface area contributed by atoms with Gasteiger partial charge < -0.3 is 5.32 Å². The van der Waals surface area contributed by atoms with Crippen molar-refractivity contribution in [3.8, 4) is 11.4 Å². The Morgan fingerprint density at radius 1 is 0.953 bits per heavy atom. The number of rotatable bonds is 10. The fourth-order valence-electron chi connectivity index (χ4n) is 5.88. The van der Waals surface area contributed by atoms with E-state index in [9.17, 15) is 19.2 Å². The van der Waals surface area contributed by atoms with E-state index in [2.05, 4.69) is 22.5 Å². The van der Waals surface area contributed by atoms with Gasteiger partial charge in [-0.15, -0.1) is 0 Å². The molecule has 11 nitrogen and oxygen atoms in total. The van der Waals surface area contributed by atoms with Crippen LogP contribution < -0.4 is 10.6 Å². The fourth-order valence-corrected chi connectivity index (χ4v) is 5.88. The number of nitrogens with zero attached hydrogens (tertiary/aromatic N) is 5. The molecule has 1 atom stereocenters. The van der Waals surface area contributed by atoms with Crippen molar-refractivity contribution < 1.29 is 19.2 Å². The van der Waals surface area contributed by atoms with E-state index in [4.69, 9.17) is 10.1 Å². The first-order valence-corrected chi connectivity index (χ1v) is 14.7. The lowest BCUT2D eigenvalue weighted by Gasteiger charge is -2.27. The van der Waals surface area contributed by atoms with Crippen LogP contribution in [0, 0.1) is 13.8 Å². The van der Waals surface area contributed by atoms with Crippen molar-refractivity contribution in [1.82, 2.24) is 30.0 Å². The van der Waals surface area contributed by atoms with E-state index in [-0.39, 0.29) is 24.0 Å². The highest BCUT2D eigenvalue weighted by molar-refractivity contribution is 6.23. The van der Waals surface area contributed by atoms with Crippen molar-refractivity contribution in [2.24, 2.45) is 0 Å². The Morgan fingerprint density at radius 3 is 2.58 bits per heavy atom. The molecule has 4 heterocycles. The summed E-state index contributed by atoms with van der Waals surface area (Å²) in [4.78, 5) is 60.0. The molecule has 2 aliphatic heterocycles. The summed E-state index contributed by atoms with van der Waals surface area (Å²) in [6.45, 7) is 5.61. The Labute approximate surface area is 248 Å². The molecule has 4 amide bonds. The van der Waals surface area contributed by atoms with Gasteiger partial charge in [-0.3, -0.25) is 34.1 Å². The lowest BCUT2D eigenvalue weighted by molar-refractivity contribution is -0.136. The van der Waals surface area contributed by atoms with Crippen molar-refractivity contribution in [1.29, 1.82) is 0 Å². The second kappa shape index (κ2) is 11.7. The number of carbonyl (C=O) groups excluding carboxylic acids is 4. The van der Waals surface area contributed by atoms with Gasteiger partial charge in [0.15, 0.2) is 5.82 Å². The first-order valence-electron chi connectivity index (χ1n) is 14.7. The van der Waals surface area contributed by atoms with E-state index in [1.54, 1.807) is 18.2 Å². The van der Waals surface area contributed by atoms with E-state index < -0.39 is 29.7 Å². The van der Waals surface area contributed by atoms with E-state index in [1.807, 2.05) is 42.1 Å². The van der Waals surface area contributed by atoms with E-state index >= 15 is 0 Å². The number of hydrogen-bond donors (Lipinski definition) is 2. The van der Waals surface area contributed by atoms with Gasteiger partial charge in [0.1, 0.15) is 6.04 Å². The number of anilines is 1. The van der Waals surface area contributed by atoms with Crippen LogP contribution in [0.15, 0.2) is 48.7 Å². The topological polar surface area (TPSA) is 139 Å². The maximum atomic E-state index is 13.0. The predicted molar refractivity (Wildman–Crippen MR) is 160 cm³/mol. The average molecular weight is 580 g/mol. The number of nitrogens with one attached hydrogen (secondary N) is 2. The highest BCUT2D eigenvalue weighted by atomic mass is 16.2. The van der Waals surface area contributed by atoms with Gasteiger partial charge in [0.05, 0.1) is 27.9 Å². The molecule has 0 bridgehead atoms. The number of benzene rings is 2. The molecule has 220 valence electrons. The van der Waals surface area contributed by atoms with Crippen molar-refractivity contribution in [2.45, 2.75) is 65.0 Å². The Hall–Kier alpha value is -4.93. The van der Waals surface area contributed by atoms with E-state index in [1.165, 1.54) is 0 Å². The van der Waals surface area contributed by atoms with Gasteiger partial charge in [0.2, 0.25) is 11.8 Å². The lowest BCUT2D eigenvalue weighted by Crippen LogP contribution is -2.54. The molecule has 1 fully saturated rings. The minimum atomic E-state index is -0.963. The number of piperidine rings is 1. The molecular formula is C32H33N7O4. The average Bonchev–Trinajstić information content (AvgIpc) is 3.42. The van der Waals surface area contributed by atoms with Crippen molar-refractivity contribution in [3.05, 3.63) is 71.2 Å². The summed E-state index contributed by atoms with van der Waals surface area (Å²) in [7, 11) is 0. The van der Waals surface area contributed by atoms with Crippen molar-refractivity contribution in [3.63, 3.8) is 0 Å². The van der Waals surface area contributed by atoms with Gasteiger partial charge in [0.25, 0.3) is 11.8 Å². The predicted octanol–water partition coefficient (Wildman–Crippen LogP) is 4.18. The molecule has 1 unspecified atom stereocenters. The number of imide groups is 2. The first kappa shape index (κ1) is 28.2. The Morgan fingerprint density at radius 2 is 1.74 bits per heavy atom. The van der Waals surface area contributed by atoms with Crippen LogP contribution in [0.5, 0.6) is 0 Å². The van der Waals surface area contributed by atoms with Crippen molar-refractivity contribution in [2.75, 3.05) is 11.9 Å². The summed E-state index contributed by atoms with van der Waals surface area (Å²) in [6, 6.07) is 12.1. The highest BCUT2D eigenvalue weighted by Gasteiger charge is 2.44. The van der Waals surface area contributed by atoms with Crippen LogP contribution in [0.25, 0.3) is 22.3 Å². The fraction of sp³-hybridized carbons (Fsp3) is 0.344. The molecule has 2 aromatic heterocycles. The molecule has 11 heteroatoms. The van der Waals surface area contributed by atoms with E-state index in [0.717, 1.165) is 77.2 Å². The number of aromatic nitrogens is 4. The third-order valence-electron chi connectivity index (χ3n) is 8.16. The van der Waals surface area contributed by atoms with Crippen LogP contribution in [0.1, 0.15) is 70.6 Å². The van der Waals surface area contributed by atoms with Gasteiger partial charge in [-0.05, 0) is 57.4 Å². The number of unbranched alkanes of at least 4 members (excludes halogenated alkanes) is 3. The Kier molecular flexibility index (Phi) is 7.71. The van der Waals surface area contributed by atoms with Crippen LogP contribution in [0.4, 0.5) is 5.69 Å². The number of fused-ring (bicyclic) bond motifs is 2. The monoisotopic (exact) mass is 579 g/mol. The number of aryl methyl sites for hydroxylation is 2. The molecular weight excluding hydrogens is 546 g/mol. The zero-order chi connectivity index (χ0) is 30.1. The standard InChI is InChI=1S/C32H33N7O4/c1-19-28(29-34-18-21-9-5-6-10-25(21)35-29)20(2)38(37-19)16-8-4-3-7-15-33-22-11-12-23-24(17-22)32(43)39(31(23)42)26-13-14-27(40)36-30(26)41/h5-6,9-12,17-18,26,33H,3-4,7-8,13-16H2,1-2H3,(H,36,40,41). The molecule has 2 N–H and O–H groups in total. The van der Waals surface area contributed by atoms with Gasteiger partial charge in [0, 0.05) is 42.5 Å². The highest BCUT2D eigenvalue weighted by Crippen LogP contribution is 2.30. The molecule has 43 heavy (non-hydrogen) atoms. The number of hydrogen-bond acceptors (Lipinski definition) is 8. The lowest BCUT2D eigenvalue weighted by atomic mass is 10.0. The molecule has 0 spiro atoms. The van der Waals surface area contributed by atoms with Gasteiger partial charge in [-0.25, -0.2) is 9.97 Å². The molecule has 2 aromatic carbocycles. The van der Waals surface area contributed by atoms with Crippen LogP contribution in [-0.4, -0.2) is 60.9 Å². The summed E-state index contributed by atoms with van der Waals surface area (Å²) in [6.07, 6.45) is 6.10. The quantitative estimate of drug-likeness (QED) is 0.211. The van der Waals surface area contributed by atoms with Gasteiger partial charge >= 0.3 is 0 Å². The smallest absolute Gasteiger partial charge is 0.262 e. The van der Waals surface area contributed by atoms with Crippen LogP contribution in [-0.2, 0) is 16.1 Å². The zero-order valence-corrected chi connectivity index (χ0v) is 24.2. The molecule has 2 aliphatic rings. The molecule has 1 saturated heterocycles. The number of para-hydroxylation sites is 1. The van der Waals surface area contributed by atoms with Crippen molar-refractivity contribution >= 4 is 40.2 Å². The molecule has 0 saturated carbocycles. The van der Waals surface area contributed by atoms with Crippen LogP contribution in [0.3, 0.4) is 0 Å². The van der Waals surface area contributed by atoms with E-state index in [0.29, 0.717) is 5.82 Å². The summed E-state index contributed by atoms with van der Waals surface area (Å²) < 4.78 is 2.04. The third kappa shape index (κ3) is 5.50. The molecule has 0 aliphatic carbocycles.